The fourth-order valence-corrected chi connectivity index (χ4v) is 5.04. The van der Waals surface area contributed by atoms with Gasteiger partial charge in [-0.3, -0.25) is 19.3 Å². The van der Waals surface area contributed by atoms with Crippen molar-refractivity contribution in [1.29, 1.82) is 0 Å². The van der Waals surface area contributed by atoms with Crippen LogP contribution in [-0.4, -0.2) is 35.2 Å². The number of primary amides is 1. The van der Waals surface area contributed by atoms with Crippen molar-refractivity contribution < 1.29 is 23.5 Å². The number of nitrogens with one attached hydrogen (secondary N) is 1. The zero-order valence-corrected chi connectivity index (χ0v) is 20.4. The van der Waals surface area contributed by atoms with Gasteiger partial charge in [0, 0.05) is 11.7 Å². The van der Waals surface area contributed by atoms with Crippen molar-refractivity contribution in [3.05, 3.63) is 70.5 Å². The second-order valence-electron chi connectivity index (χ2n) is 8.46. The van der Waals surface area contributed by atoms with Gasteiger partial charge in [-0.15, -0.1) is 0 Å². The summed E-state index contributed by atoms with van der Waals surface area (Å²) in [6, 6.07) is 10.8. The molecule has 5 N–H and O–H groups in total. The number of methoxy groups -OCH3 is 1. The van der Waals surface area contributed by atoms with Gasteiger partial charge in [0.1, 0.15) is 22.5 Å². The zero-order valence-electron chi connectivity index (χ0n) is 19.6. The number of nitrogen functional groups attached to an aromatic ring is 1. The molecule has 1 aliphatic carbocycles. The van der Waals surface area contributed by atoms with E-state index in [2.05, 4.69) is 9.69 Å². The van der Waals surface area contributed by atoms with Crippen molar-refractivity contribution in [2.45, 2.75) is 37.8 Å². The molecule has 3 aromatic rings. The number of halogens is 1. The number of benzene rings is 2. The molecule has 0 bridgehead atoms. The third kappa shape index (κ3) is 5.15. The Morgan fingerprint density at radius 3 is 2.44 bits per heavy atom. The van der Waals surface area contributed by atoms with Gasteiger partial charge in [0.15, 0.2) is 5.69 Å². The fourth-order valence-electron chi connectivity index (χ4n) is 4.30. The number of nitrogens with zero attached hydrogens (tertiary/aromatic N) is 2. The number of amides is 3. The number of hydrogen-bond donors (Lipinski definition) is 3. The SMILES string of the molecule is COc1ccc(C(C(=O)NC2CCCC2)N(C(=O)c2snc(C(N)=O)c2N)c2cccc(F)c2)cc1. The molecule has 36 heavy (non-hydrogen) atoms. The summed E-state index contributed by atoms with van der Waals surface area (Å²) in [4.78, 5) is 40.5. The van der Waals surface area contributed by atoms with E-state index in [1.807, 2.05) is 0 Å². The molecular weight excluding hydrogens is 485 g/mol. The van der Waals surface area contributed by atoms with Crippen LogP contribution in [0.1, 0.15) is 57.4 Å². The Labute approximate surface area is 211 Å². The van der Waals surface area contributed by atoms with Gasteiger partial charge in [0.05, 0.1) is 12.8 Å². The molecule has 3 amide bonds. The number of hydrogen-bond acceptors (Lipinski definition) is 7. The maximum Gasteiger partial charge on any atom is 0.273 e. The molecule has 188 valence electrons. The number of nitrogens with two attached hydrogens (primary N) is 2. The predicted octanol–water partition coefficient (Wildman–Crippen LogP) is 3.42. The lowest BCUT2D eigenvalue weighted by Crippen LogP contribution is -2.46. The smallest absolute Gasteiger partial charge is 0.273 e. The van der Waals surface area contributed by atoms with Crippen LogP contribution in [0.5, 0.6) is 5.75 Å². The first-order valence-corrected chi connectivity index (χ1v) is 12.2. The van der Waals surface area contributed by atoms with Gasteiger partial charge in [-0.1, -0.05) is 31.0 Å². The maximum absolute atomic E-state index is 14.3. The monoisotopic (exact) mass is 511 g/mol. The van der Waals surface area contributed by atoms with Crippen LogP contribution < -0.4 is 26.4 Å². The first-order valence-electron chi connectivity index (χ1n) is 11.4. The Kier molecular flexibility index (Phi) is 7.49. The average molecular weight is 512 g/mol. The lowest BCUT2D eigenvalue weighted by atomic mass is 10.0. The highest BCUT2D eigenvalue weighted by atomic mass is 32.1. The van der Waals surface area contributed by atoms with Gasteiger partial charge in [-0.25, -0.2) is 4.39 Å². The van der Waals surface area contributed by atoms with Crippen molar-refractivity contribution in [2.24, 2.45) is 5.73 Å². The number of carbonyl (C=O) groups excluding carboxylic acids is 3. The standard InChI is InChI=1S/C25H26FN5O4S/c1-35-18-11-9-14(10-12-18)21(24(33)29-16-6-2-3-7-16)31(17-8-4-5-15(26)13-17)25(34)22-19(27)20(23(28)32)30-36-22/h4-5,8-13,16,21H,2-3,6-7,27H2,1H3,(H2,28,32)(H,29,33). The van der Waals surface area contributed by atoms with E-state index < -0.39 is 29.6 Å². The summed E-state index contributed by atoms with van der Waals surface area (Å²) in [6.07, 6.45) is 3.66. The second-order valence-corrected chi connectivity index (χ2v) is 9.23. The van der Waals surface area contributed by atoms with E-state index in [0.29, 0.717) is 22.8 Å². The first kappa shape index (κ1) is 25.1. The number of aromatic nitrogens is 1. The van der Waals surface area contributed by atoms with Crippen molar-refractivity contribution in [2.75, 3.05) is 17.7 Å². The molecule has 0 saturated heterocycles. The molecule has 1 atom stereocenters. The minimum Gasteiger partial charge on any atom is -0.497 e. The largest absolute Gasteiger partial charge is 0.497 e. The molecule has 1 saturated carbocycles. The van der Waals surface area contributed by atoms with Crippen molar-refractivity contribution in [1.82, 2.24) is 9.69 Å². The van der Waals surface area contributed by atoms with Crippen molar-refractivity contribution >= 4 is 40.6 Å². The van der Waals surface area contributed by atoms with Crippen LogP contribution in [0.25, 0.3) is 0 Å². The highest BCUT2D eigenvalue weighted by Crippen LogP contribution is 2.34. The minimum atomic E-state index is -1.18. The molecule has 0 radical (unpaired) electrons. The van der Waals surface area contributed by atoms with E-state index in [1.165, 1.54) is 30.2 Å². The van der Waals surface area contributed by atoms with Crippen LogP contribution in [0.2, 0.25) is 0 Å². The van der Waals surface area contributed by atoms with E-state index in [1.54, 1.807) is 24.3 Å². The highest BCUT2D eigenvalue weighted by molar-refractivity contribution is 7.09. The van der Waals surface area contributed by atoms with Crippen LogP contribution in [0.4, 0.5) is 15.8 Å². The van der Waals surface area contributed by atoms with Crippen molar-refractivity contribution in [3.8, 4) is 5.75 Å². The Balaban J connectivity index is 1.85. The molecule has 1 fully saturated rings. The summed E-state index contributed by atoms with van der Waals surface area (Å²) in [5.74, 6) is -2.06. The summed E-state index contributed by atoms with van der Waals surface area (Å²) in [5.41, 5.74) is 11.6. The van der Waals surface area contributed by atoms with Gasteiger partial charge in [0.25, 0.3) is 11.8 Å². The molecule has 0 spiro atoms. The lowest BCUT2D eigenvalue weighted by Gasteiger charge is -2.32. The Hall–Kier alpha value is -3.99. The lowest BCUT2D eigenvalue weighted by molar-refractivity contribution is -0.123. The predicted molar refractivity (Wildman–Crippen MR) is 134 cm³/mol. The van der Waals surface area contributed by atoms with Crippen LogP contribution in [0, 0.1) is 5.82 Å². The second kappa shape index (κ2) is 10.7. The molecule has 11 heteroatoms. The van der Waals surface area contributed by atoms with Crippen LogP contribution in [-0.2, 0) is 4.79 Å². The molecule has 1 aliphatic rings. The van der Waals surface area contributed by atoms with E-state index in [9.17, 15) is 18.8 Å². The molecule has 0 aliphatic heterocycles. The third-order valence-corrected chi connectivity index (χ3v) is 6.95. The number of carbonyl (C=O) groups is 3. The number of ether oxygens (including phenoxy) is 1. The summed E-state index contributed by atoms with van der Waals surface area (Å²) < 4.78 is 23.5. The Bertz CT molecular complexity index is 1270. The maximum atomic E-state index is 14.3. The quantitative estimate of drug-likeness (QED) is 0.423. The van der Waals surface area contributed by atoms with Crippen LogP contribution in [0.15, 0.2) is 48.5 Å². The third-order valence-electron chi connectivity index (χ3n) is 6.10. The number of rotatable bonds is 8. The van der Waals surface area contributed by atoms with Gasteiger partial charge >= 0.3 is 0 Å². The molecule has 1 heterocycles. The number of anilines is 2. The van der Waals surface area contributed by atoms with Gasteiger partial charge in [-0.2, -0.15) is 4.37 Å². The summed E-state index contributed by atoms with van der Waals surface area (Å²) >= 11 is 0.691. The van der Waals surface area contributed by atoms with Gasteiger partial charge < -0.3 is 21.5 Å². The van der Waals surface area contributed by atoms with E-state index in [4.69, 9.17) is 16.2 Å². The molecular formula is C25H26FN5O4S. The summed E-state index contributed by atoms with van der Waals surface area (Å²) in [7, 11) is 1.52. The zero-order chi connectivity index (χ0) is 25.8. The normalized spacial score (nSPS) is 14.3. The summed E-state index contributed by atoms with van der Waals surface area (Å²) in [5, 5.41) is 3.04. The topological polar surface area (TPSA) is 141 Å². The van der Waals surface area contributed by atoms with Crippen molar-refractivity contribution in [3.63, 3.8) is 0 Å². The highest BCUT2D eigenvalue weighted by Gasteiger charge is 2.37. The van der Waals surface area contributed by atoms with Gasteiger partial charge in [0.2, 0.25) is 5.91 Å². The average Bonchev–Trinajstić information content (AvgIpc) is 3.51. The molecule has 2 aromatic carbocycles. The fraction of sp³-hybridized carbons (Fsp3) is 0.280. The van der Waals surface area contributed by atoms with Crippen LogP contribution >= 0.6 is 11.5 Å². The van der Waals surface area contributed by atoms with E-state index in [-0.39, 0.29) is 28.0 Å². The molecule has 1 unspecified atom stereocenters. The molecule has 9 nitrogen and oxygen atoms in total. The molecule has 1 aromatic heterocycles. The van der Waals surface area contributed by atoms with E-state index in [0.717, 1.165) is 31.7 Å². The van der Waals surface area contributed by atoms with E-state index >= 15 is 0 Å². The van der Waals surface area contributed by atoms with Gasteiger partial charge in [-0.05, 0) is 60.3 Å². The Morgan fingerprint density at radius 2 is 1.86 bits per heavy atom. The first-order chi connectivity index (χ1) is 17.3. The summed E-state index contributed by atoms with van der Waals surface area (Å²) in [6.45, 7) is 0. The molecule has 4 rings (SSSR count). The Morgan fingerprint density at radius 1 is 1.17 bits per heavy atom. The van der Waals surface area contributed by atoms with Crippen LogP contribution in [0.3, 0.4) is 0 Å². The minimum absolute atomic E-state index is 0.0300.